The van der Waals surface area contributed by atoms with E-state index in [1.807, 2.05) is 22.8 Å². The van der Waals surface area contributed by atoms with Crippen molar-refractivity contribution < 1.29 is 4.79 Å². The van der Waals surface area contributed by atoms with Gasteiger partial charge in [0.25, 0.3) is 5.91 Å². The first-order chi connectivity index (χ1) is 15.8. The van der Waals surface area contributed by atoms with Gasteiger partial charge in [0.2, 0.25) is 0 Å². The lowest BCUT2D eigenvalue weighted by atomic mass is 9.91. The lowest BCUT2D eigenvalue weighted by Gasteiger charge is -2.30. The fourth-order valence-corrected chi connectivity index (χ4v) is 3.81. The first-order valence-corrected chi connectivity index (χ1v) is 11.3. The molecule has 2 aromatic heterocycles. The molecule has 172 valence electrons. The number of nitrogens with one attached hydrogen (secondary N) is 1. The minimum absolute atomic E-state index is 0.118. The molecule has 33 heavy (non-hydrogen) atoms. The van der Waals surface area contributed by atoms with Crippen molar-refractivity contribution in [3.63, 3.8) is 0 Å². The molecule has 0 saturated carbocycles. The Morgan fingerprint density at radius 3 is 2.70 bits per heavy atom. The first-order valence-electron chi connectivity index (χ1n) is 11.3. The second kappa shape index (κ2) is 9.69. The van der Waals surface area contributed by atoms with E-state index in [1.54, 1.807) is 18.7 Å². The van der Waals surface area contributed by atoms with Crippen LogP contribution in [-0.4, -0.2) is 75.0 Å². The molecule has 1 aliphatic rings. The minimum atomic E-state index is -0.318. The molecule has 0 bridgehead atoms. The second-order valence-electron chi connectivity index (χ2n) is 9.76. The number of nitrogens with zero attached hydrogens (tertiary/aromatic N) is 6. The van der Waals surface area contributed by atoms with Crippen LogP contribution in [0.15, 0.2) is 36.9 Å². The van der Waals surface area contributed by atoms with Crippen LogP contribution in [-0.2, 0) is 11.2 Å². The number of piperazine rings is 1. The Balaban J connectivity index is 1.47. The van der Waals surface area contributed by atoms with Crippen molar-refractivity contribution in [3.05, 3.63) is 42.6 Å². The Bertz CT molecular complexity index is 1190. The summed E-state index contributed by atoms with van der Waals surface area (Å²) in [4.78, 5) is 30.5. The van der Waals surface area contributed by atoms with Crippen LogP contribution in [0.3, 0.4) is 0 Å². The standard InChI is InChI=1S/C25H31N7O/c1-25(2,3)15-20-16-26-17-23(28-20)32-18-27-21-8-7-19(14-22(21)32)29-24(33)6-5-9-31-12-10-30(4)11-13-31/h7-8,14,16-18H,9-13,15H2,1-4H3,(H,29,33). The van der Waals surface area contributed by atoms with Crippen LogP contribution in [0.2, 0.25) is 0 Å². The first kappa shape index (κ1) is 22.9. The molecule has 0 spiro atoms. The van der Waals surface area contributed by atoms with Crippen LogP contribution in [0.1, 0.15) is 26.5 Å². The van der Waals surface area contributed by atoms with E-state index in [2.05, 4.69) is 64.7 Å². The summed E-state index contributed by atoms with van der Waals surface area (Å²) in [6.07, 6.45) is 6.09. The minimum Gasteiger partial charge on any atom is -0.315 e. The van der Waals surface area contributed by atoms with Gasteiger partial charge in [0, 0.05) is 38.1 Å². The van der Waals surface area contributed by atoms with E-state index >= 15 is 0 Å². The summed E-state index contributed by atoms with van der Waals surface area (Å²) in [5.74, 6) is 6.09. The summed E-state index contributed by atoms with van der Waals surface area (Å²) in [6, 6.07) is 5.60. The van der Waals surface area contributed by atoms with Crippen molar-refractivity contribution in [1.82, 2.24) is 29.3 Å². The molecule has 1 N–H and O–H groups in total. The average molecular weight is 446 g/mol. The van der Waals surface area contributed by atoms with Crippen LogP contribution >= 0.6 is 0 Å². The molecular weight excluding hydrogens is 414 g/mol. The van der Waals surface area contributed by atoms with Crippen LogP contribution < -0.4 is 5.32 Å². The van der Waals surface area contributed by atoms with Crippen LogP contribution in [0, 0.1) is 17.3 Å². The van der Waals surface area contributed by atoms with Gasteiger partial charge < -0.3 is 10.2 Å². The molecule has 0 radical (unpaired) electrons. The van der Waals surface area contributed by atoms with Crippen molar-refractivity contribution >= 4 is 22.6 Å². The molecule has 0 unspecified atom stereocenters. The quantitative estimate of drug-likeness (QED) is 0.622. The van der Waals surface area contributed by atoms with Crippen LogP contribution in [0.25, 0.3) is 16.9 Å². The topological polar surface area (TPSA) is 79.2 Å². The van der Waals surface area contributed by atoms with E-state index in [-0.39, 0.29) is 11.3 Å². The molecule has 1 aliphatic heterocycles. The maximum absolute atomic E-state index is 12.4. The number of rotatable bonds is 4. The Morgan fingerprint density at radius 2 is 1.94 bits per heavy atom. The molecule has 4 rings (SSSR count). The number of likely N-dealkylation sites (N-methyl/N-ethyl adjacent to an activating group) is 1. The summed E-state index contributed by atoms with van der Waals surface area (Å²) in [7, 11) is 2.12. The van der Waals surface area contributed by atoms with Gasteiger partial charge in [-0.2, -0.15) is 0 Å². The van der Waals surface area contributed by atoms with E-state index in [1.165, 1.54) is 0 Å². The Morgan fingerprint density at radius 1 is 1.15 bits per heavy atom. The van der Waals surface area contributed by atoms with Crippen molar-refractivity contribution in [1.29, 1.82) is 0 Å². The van der Waals surface area contributed by atoms with E-state index in [0.29, 0.717) is 18.1 Å². The van der Waals surface area contributed by atoms with Gasteiger partial charge in [0.15, 0.2) is 5.82 Å². The third-order valence-electron chi connectivity index (χ3n) is 5.54. The molecule has 0 atom stereocenters. The number of anilines is 1. The van der Waals surface area contributed by atoms with E-state index < -0.39 is 0 Å². The monoisotopic (exact) mass is 445 g/mol. The smallest absolute Gasteiger partial charge is 0.300 e. The van der Waals surface area contributed by atoms with Crippen molar-refractivity contribution in [2.24, 2.45) is 5.41 Å². The van der Waals surface area contributed by atoms with Gasteiger partial charge in [-0.25, -0.2) is 9.97 Å². The third-order valence-corrected chi connectivity index (χ3v) is 5.54. The van der Waals surface area contributed by atoms with Crippen molar-refractivity contribution in [3.8, 4) is 17.7 Å². The largest absolute Gasteiger partial charge is 0.315 e. The molecular formula is C25H31N7O. The maximum atomic E-state index is 12.4. The second-order valence-corrected chi connectivity index (χ2v) is 9.76. The van der Waals surface area contributed by atoms with Gasteiger partial charge in [-0.05, 0) is 43.0 Å². The molecule has 0 aliphatic carbocycles. The van der Waals surface area contributed by atoms with E-state index in [4.69, 9.17) is 4.98 Å². The lowest BCUT2D eigenvalue weighted by molar-refractivity contribution is -0.111. The maximum Gasteiger partial charge on any atom is 0.300 e. The summed E-state index contributed by atoms with van der Waals surface area (Å²) in [6.45, 7) is 11.2. The predicted octanol–water partition coefficient (Wildman–Crippen LogP) is 2.59. The molecule has 3 heterocycles. The average Bonchev–Trinajstić information content (AvgIpc) is 3.17. The number of carbonyl (C=O) groups is 1. The molecule has 8 heteroatoms. The highest BCUT2D eigenvalue weighted by Gasteiger charge is 2.15. The SMILES string of the molecule is CN1CCN(CC#CC(=O)Nc2ccc3ncn(-c4cncc(CC(C)(C)C)n4)c3c2)CC1. The summed E-state index contributed by atoms with van der Waals surface area (Å²) in [5.41, 5.74) is 3.38. The normalized spacial score (nSPS) is 15.3. The Hall–Kier alpha value is -3.28. The summed E-state index contributed by atoms with van der Waals surface area (Å²) < 4.78 is 1.89. The molecule has 1 saturated heterocycles. The number of carbonyl (C=O) groups excluding carboxylic acids is 1. The highest BCUT2D eigenvalue weighted by molar-refractivity contribution is 6.04. The number of hydrogen-bond donors (Lipinski definition) is 1. The van der Waals surface area contributed by atoms with Crippen LogP contribution in [0.5, 0.6) is 0 Å². The van der Waals surface area contributed by atoms with Gasteiger partial charge in [0.1, 0.15) is 6.33 Å². The zero-order valence-electron chi connectivity index (χ0n) is 19.8. The fourth-order valence-electron chi connectivity index (χ4n) is 3.81. The highest BCUT2D eigenvalue weighted by atomic mass is 16.1. The Labute approximate surface area is 195 Å². The fraction of sp³-hybridized carbons (Fsp3) is 0.440. The van der Waals surface area contributed by atoms with Crippen molar-refractivity contribution in [2.75, 3.05) is 45.1 Å². The third kappa shape index (κ3) is 6.15. The van der Waals surface area contributed by atoms with Crippen molar-refractivity contribution in [2.45, 2.75) is 27.2 Å². The van der Waals surface area contributed by atoms with Gasteiger partial charge in [0.05, 0.1) is 29.5 Å². The summed E-state index contributed by atoms with van der Waals surface area (Å²) in [5, 5.41) is 2.87. The molecule has 1 aromatic carbocycles. The van der Waals surface area contributed by atoms with Gasteiger partial charge >= 0.3 is 0 Å². The van der Waals surface area contributed by atoms with Gasteiger partial charge in [-0.15, -0.1) is 0 Å². The lowest BCUT2D eigenvalue weighted by Crippen LogP contribution is -2.44. The number of hydrogen-bond acceptors (Lipinski definition) is 6. The zero-order valence-corrected chi connectivity index (χ0v) is 19.8. The number of aromatic nitrogens is 4. The molecule has 3 aromatic rings. The van der Waals surface area contributed by atoms with Gasteiger partial charge in [-0.3, -0.25) is 19.2 Å². The number of imidazole rings is 1. The Kier molecular flexibility index (Phi) is 6.72. The molecule has 1 amide bonds. The molecule has 8 nitrogen and oxygen atoms in total. The van der Waals surface area contributed by atoms with Gasteiger partial charge in [-0.1, -0.05) is 26.7 Å². The number of benzene rings is 1. The predicted molar refractivity (Wildman–Crippen MR) is 130 cm³/mol. The summed E-state index contributed by atoms with van der Waals surface area (Å²) >= 11 is 0. The zero-order chi connectivity index (χ0) is 23.4. The van der Waals surface area contributed by atoms with E-state index in [0.717, 1.165) is 49.3 Å². The van der Waals surface area contributed by atoms with Crippen LogP contribution in [0.4, 0.5) is 5.69 Å². The number of amides is 1. The number of fused-ring (bicyclic) bond motifs is 1. The van der Waals surface area contributed by atoms with E-state index in [9.17, 15) is 4.79 Å². The molecule has 1 fully saturated rings. The highest BCUT2D eigenvalue weighted by Crippen LogP contribution is 2.23.